The molecule has 1 amide bonds. The van der Waals surface area contributed by atoms with E-state index in [9.17, 15) is 4.79 Å². The number of amides is 1. The van der Waals surface area contributed by atoms with Crippen LogP contribution in [0.1, 0.15) is 18.6 Å². The van der Waals surface area contributed by atoms with Gasteiger partial charge in [0.25, 0.3) is 0 Å². The molecular weight excluding hydrogens is 180 g/mol. The molecule has 1 aromatic rings. The molecule has 0 aromatic carbocycles. The molecule has 0 atom stereocenters. The molecule has 76 valence electrons. The van der Waals surface area contributed by atoms with Gasteiger partial charge in [0.15, 0.2) is 5.88 Å². The van der Waals surface area contributed by atoms with Crippen molar-refractivity contribution in [2.24, 2.45) is 11.1 Å². The van der Waals surface area contributed by atoms with Crippen LogP contribution in [-0.4, -0.2) is 12.5 Å². The highest BCUT2D eigenvalue weighted by Crippen LogP contribution is 2.45. The zero-order chi connectivity index (χ0) is 10.2. The topological polar surface area (TPSA) is 68.3 Å². The van der Waals surface area contributed by atoms with Gasteiger partial charge in [0.05, 0.1) is 5.41 Å². The predicted octanol–water partition coefficient (Wildman–Crippen LogP) is 1.27. The molecule has 0 aliphatic heterocycles. The quantitative estimate of drug-likeness (QED) is 0.761. The van der Waals surface area contributed by atoms with Gasteiger partial charge in [-0.05, 0) is 25.8 Å². The maximum absolute atomic E-state index is 11.7. The molecule has 4 heteroatoms. The van der Waals surface area contributed by atoms with Crippen LogP contribution in [0.5, 0.6) is 0 Å². The number of hydrogen-bond donors (Lipinski definition) is 2. The summed E-state index contributed by atoms with van der Waals surface area (Å²) in [5, 5.41) is 2.73. The number of furan rings is 1. The van der Waals surface area contributed by atoms with Crippen molar-refractivity contribution in [2.45, 2.75) is 19.8 Å². The summed E-state index contributed by atoms with van der Waals surface area (Å²) in [4.78, 5) is 11.7. The third-order valence-electron chi connectivity index (χ3n) is 2.70. The number of rotatable bonds is 3. The van der Waals surface area contributed by atoms with Crippen LogP contribution in [0.3, 0.4) is 0 Å². The van der Waals surface area contributed by atoms with Crippen LogP contribution < -0.4 is 11.1 Å². The summed E-state index contributed by atoms with van der Waals surface area (Å²) in [6.45, 7) is 2.25. The third-order valence-corrected chi connectivity index (χ3v) is 2.70. The number of carbonyl (C=O) groups excluding carboxylic acids is 1. The molecule has 0 saturated heterocycles. The SMILES string of the molecule is Cc1ccc(NC(=O)C2(CN)CC2)o1. The van der Waals surface area contributed by atoms with Crippen molar-refractivity contribution in [3.63, 3.8) is 0 Å². The third kappa shape index (κ3) is 1.53. The van der Waals surface area contributed by atoms with Gasteiger partial charge < -0.3 is 10.2 Å². The lowest BCUT2D eigenvalue weighted by atomic mass is 10.1. The Morgan fingerprint density at radius 3 is 2.79 bits per heavy atom. The fourth-order valence-corrected chi connectivity index (χ4v) is 1.42. The summed E-state index contributed by atoms with van der Waals surface area (Å²) in [7, 11) is 0. The Morgan fingerprint density at radius 2 is 2.36 bits per heavy atom. The average molecular weight is 194 g/mol. The largest absolute Gasteiger partial charge is 0.446 e. The Morgan fingerprint density at radius 1 is 1.64 bits per heavy atom. The number of anilines is 1. The molecular formula is C10H14N2O2. The summed E-state index contributed by atoms with van der Waals surface area (Å²) in [6.07, 6.45) is 1.77. The molecule has 0 bridgehead atoms. The van der Waals surface area contributed by atoms with Crippen molar-refractivity contribution < 1.29 is 9.21 Å². The maximum Gasteiger partial charge on any atom is 0.234 e. The Bertz CT molecular complexity index is 353. The standard InChI is InChI=1S/C10H14N2O2/c1-7-2-3-8(14-7)12-9(13)10(6-11)4-5-10/h2-3H,4-6,11H2,1H3,(H,12,13). The summed E-state index contributed by atoms with van der Waals surface area (Å²) < 4.78 is 5.25. The first kappa shape index (κ1) is 9.27. The van der Waals surface area contributed by atoms with E-state index in [1.54, 1.807) is 6.07 Å². The Hall–Kier alpha value is -1.29. The molecule has 0 unspecified atom stereocenters. The van der Waals surface area contributed by atoms with Gasteiger partial charge in [0.2, 0.25) is 5.91 Å². The van der Waals surface area contributed by atoms with E-state index in [0.29, 0.717) is 12.4 Å². The van der Waals surface area contributed by atoms with Crippen molar-refractivity contribution in [3.8, 4) is 0 Å². The Labute approximate surface area is 82.5 Å². The first-order valence-corrected chi connectivity index (χ1v) is 4.74. The van der Waals surface area contributed by atoms with Crippen LogP contribution in [-0.2, 0) is 4.79 Å². The van der Waals surface area contributed by atoms with Crippen LogP contribution in [0, 0.1) is 12.3 Å². The lowest BCUT2D eigenvalue weighted by Crippen LogP contribution is -2.30. The molecule has 0 spiro atoms. The molecule has 1 aromatic heterocycles. The first-order chi connectivity index (χ1) is 6.66. The second-order valence-electron chi connectivity index (χ2n) is 3.85. The van der Waals surface area contributed by atoms with Crippen molar-refractivity contribution >= 4 is 11.8 Å². The van der Waals surface area contributed by atoms with Gasteiger partial charge in [-0.25, -0.2) is 0 Å². The lowest BCUT2D eigenvalue weighted by molar-refractivity contribution is -0.120. The number of carbonyl (C=O) groups is 1. The summed E-state index contributed by atoms with van der Waals surface area (Å²) >= 11 is 0. The zero-order valence-electron chi connectivity index (χ0n) is 8.17. The van der Waals surface area contributed by atoms with E-state index in [4.69, 9.17) is 10.2 Å². The van der Waals surface area contributed by atoms with E-state index in [1.165, 1.54) is 0 Å². The van der Waals surface area contributed by atoms with Gasteiger partial charge in [-0.15, -0.1) is 0 Å². The van der Waals surface area contributed by atoms with Crippen LogP contribution >= 0.6 is 0 Å². The van der Waals surface area contributed by atoms with Gasteiger partial charge in [0.1, 0.15) is 5.76 Å². The molecule has 14 heavy (non-hydrogen) atoms. The van der Waals surface area contributed by atoms with Gasteiger partial charge >= 0.3 is 0 Å². The molecule has 2 rings (SSSR count). The van der Waals surface area contributed by atoms with E-state index in [1.807, 2.05) is 13.0 Å². The minimum Gasteiger partial charge on any atom is -0.446 e. The van der Waals surface area contributed by atoms with Crippen molar-refractivity contribution in [2.75, 3.05) is 11.9 Å². The van der Waals surface area contributed by atoms with E-state index in [2.05, 4.69) is 5.32 Å². The molecule has 1 saturated carbocycles. The van der Waals surface area contributed by atoms with Crippen LogP contribution in [0.25, 0.3) is 0 Å². The second kappa shape index (κ2) is 3.13. The van der Waals surface area contributed by atoms with Gasteiger partial charge in [0, 0.05) is 12.6 Å². The van der Waals surface area contributed by atoms with Gasteiger partial charge in [-0.1, -0.05) is 0 Å². The number of hydrogen-bond acceptors (Lipinski definition) is 3. The highest BCUT2D eigenvalue weighted by Gasteiger charge is 2.48. The van der Waals surface area contributed by atoms with E-state index in [0.717, 1.165) is 18.6 Å². The fourth-order valence-electron chi connectivity index (χ4n) is 1.42. The first-order valence-electron chi connectivity index (χ1n) is 4.74. The lowest BCUT2D eigenvalue weighted by Gasteiger charge is -2.10. The normalized spacial score (nSPS) is 17.9. The molecule has 1 aliphatic rings. The molecule has 1 aliphatic carbocycles. The Balaban J connectivity index is 2.01. The number of nitrogens with one attached hydrogen (secondary N) is 1. The van der Waals surface area contributed by atoms with Crippen LogP contribution in [0.2, 0.25) is 0 Å². The van der Waals surface area contributed by atoms with Crippen molar-refractivity contribution in [1.29, 1.82) is 0 Å². The van der Waals surface area contributed by atoms with Crippen molar-refractivity contribution in [1.82, 2.24) is 0 Å². The summed E-state index contributed by atoms with van der Waals surface area (Å²) in [5.41, 5.74) is 5.22. The van der Waals surface area contributed by atoms with Gasteiger partial charge in [-0.3, -0.25) is 10.1 Å². The Kier molecular flexibility index (Phi) is 2.07. The average Bonchev–Trinajstić information content (AvgIpc) is 2.87. The molecule has 1 fully saturated rings. The minimum absolute atomic E-state index is 0.0191. The highest BCUT2D eigenvalue weighted by atomic mass is 16.4. The second-order valence-corrected chi connectivity index (χ2v) is 3.85. The predicted molar refractivity (Wildman–Crippen MR) is 52.8 cm³/mol. The zero-order valence-corrected chi connectivity index (χ0v) is 8.17. The minimum atomic E-state index is -0.319. The number of nitrogens with two attached hydrogens (primary N) is 1. The molecule has 0 radical (unpaired) electrons. The summed E-state index contributed by atoms with van der Waals surface area (Å²) in [6, 6.07) is 3.57. The van der Waals surface area contributed by atoms with E-state index in [-0.39, 0.29) is 11.3 Å². The van der Waals surface area contributed by atoms with Crippen LogP contribution in [0.4, 0.5) is 5.88 Å². The smallest absolute Gasteiger partial charge is 0.234 e. The number of aryl methyl sites for hydroxylation is 1. The molecule has 3 N–H and O–H groups in total. The van der Waals surface area contributed by atoms with E-state index >= 15 is 0 Å². The van der Waals surface area contributed by atoms with Gasteiger partial charge in [-0.2, -0.15) is 0 Å². The monoisotopic (exact) mass is 194 g/mol. The fraction of sp³-hybridized carbons (Fsp3) is 0.500. The van der Waals surface area contributed by atoms with Crippen LogP contribution in [0.15, 0.2) is 16.5 Å². The summed E-state index contributed by atoms with van der Waals surface area (Å²) in [5.74, 6) is 1.28. The molecule has 1 heterocycles. The maximum atomic E-state index is 11.7. The van der Waals surface area contributed by atoms with Crippen molar-refractivity contribution in [3.05, 3.63) is 17.9 Å². The highest BCUT2D eigenvalue weighted by molar-refractivity contribution is 5.96. The molecule has 4 nitrogen and oxygen atoms in total. The van der Waals surface area contributed by atoms with E-state index < -0.39 is 0 Å².